The van der Waals surface area contributed by atoms with E-state index in [0.29, 0.717) is 6.61 Å². The van der Waals surface area contributed by atoms with Crippen molar-refractivity contribution in [1.29, 1.82) is 0 Å². The molecule has 0 bridgehead atoms. The van der Waals surface area contributed by atoms with Crippen molar-refractivity contribution in [2.75, 3.05) is 13.2 Å². The standard InChI is InChI=1S/C16H18BrNO2S/c1-2-18-12(9-11-7-8-16(17)21-11)15-10-19-13-5-3-4-6-14(13)20-15/h3-8,12,15,18H,2,9-10H2,1H3. The lowest BCUT2D eigenvalue weighted by Crippen LogP contribution is -2.48. The van der Waals surface area contributed by atoms with Gasteiger partial charge >= 0.3 is 0 Å². The van der Waals surface area contributed by atoms with Gasteiger partial charge in [0.1, 0.15) is 12.7 Å². The number of likely N-dealkylation sites (N-methyl/N-ethyl adjacent to an activating group) is 1. The van der Waals surface area contributed by atoms with E-state index in [2.05, 4.69) is 40.3 Å². The van der Waals surface area contributed by atoms with Crippen LogP contribution in [0.3, 0.4) is 0 Å². The molecule has 2 unspecified atom stereocenters. The van der Waals surface area contributed by atoms with Crippen molar-refractivity contribution >= 4 is 27.3 Å². The van der Waals surface area contributed by atoms with Gasteiger partial charge < -0.3 is 14.8 Å². The first-order valence-corrected chi connectivity index (χ1v) is 8.73. The summed E-state index contributed by atoms with van der Waals surface area (Å²) in [6.07, 6.45) is 0.973. The maximum Gasteiger partial charge on any atom is 0.161 e. The van der Waals surface area contributed by atoms with Crippen LogP contribution in [0, 0.1) is 0 Å². The van der Waals surface area contributed by atoms with Gasteiger partial charge in [0.05, 0.1) is 9.83 Å². The second kappa shape index (κ2) is 6.81. The molecule has 112 valence electrons. The first-order valence-electron chi connectivity index (χ1n) is 7.12. The molecule has 0 radical (unpaired) electrons. The van der Waals surface area contributed by atoms with Crippen molar-refractivity contribution < 1.29 is 9.47 Å². The van der Waals surface area contributed by atoms with E-state index in [1.54, 1.807) is 11.3 Å². The second-order valence-corrected chi connectivity index (χ2v) is 7.54. The maximum absolute atomic E-state index is 6.13. The summed E-state index contributed by atoms with van der Waals surface area (Å²) < 4.78 is 13.1. The minimum absolute atomic E-state index is 0.0284. The highest BCUT2D eigenvalue weighted by Crippen LogP contribution is 2.32. The van der Waals surface area contributed by atoms with Crippen LogP contribution in [0.15, 0.2) is 40.2 Å². The number of rotatable bonds is 5. The molecule has 2 aromatic rings. The van der Waals surface area contributed by atoms with Crippen LogP contribution in [0.5, 0.6) is 11.5 Å². The summed E-state index contributed by atoms with van der Waals surface area (Å²) in [5.74, 6) is 1.67. The maximum atomic E-state index is 6.13. The van der Waals surface area contributed by atoms with Gasteiger partial charge in [-0.05, 0) is 46.7 Å². The largest absolute Gasteiger partial charge is 0.486 e. The molecule has 0 spiro atoms. The predicted molar refractivity (Wildman–Crippen MR) is 89.5 cm³/mol. The van der Waals surface area contributed by atoms with Crippen LogP contribution >= 0.6 is 27.3 Å². The molecule has 0 aliphatic carbocycles. The van der Waals surface area contributed by atoms with E-state index in [0.717, 1.165) is 24.5 Å². The molecule has 0 saturated heterocycles. The Bertz CT molecular complexity index is 601. The Morgan fingerprint density at radius 1 is 1.29 bits per heavy atom. The highest BCUT2D eigenvalue weighted by molar-refractivity contribution is 9.11. The fourth-order valence-electron chi connectivity index (χ4n) is 2.51. The third-order valence-electron chi connectivity index (χ3n) is 3.50. The molecule has 5 heteroatoms. The summed E-state index contributed by atoms with van der Waals surface area (Å²) >= 11 is 5.29. The number of hydrogen-bond acceptors (Lipinski definition) is 4. The molecule has 1 aromatic carbocycles. The van der Waals surface area contributed by atoms with Crippen molar-refractivity contribution in [2.24, 2.45) is 0 Å². The van der Waals surface area contributed by atoms with E-state index in [1.807, 2.05) is 24.3 Å². The highest BCUT2D eigenvalue weighted by atomic mass is 79.9. The summed E-state index contributed by atoms with van der Waals surface area (Å²) in [4.78, 5) is 1.34. The molecule has 3 nitrogen and oxygen atoms in total. The molecule has 1 N–H and O–H groups in total. The Morgan fingerprint density at radius 3 is 2.81 bits per heavy atom. The Balaban J connectivity index is 1.72. The van der Waals surface area contributed by atoms with Gasteiger partial charge in [-0.25, -0.2) is 0 Å². The Hall–Kier alpha value is -1.04. The SMILES string of the molecule is CCNC(Cc1ccc(Br)s1)C1COc2ccccc2O1. The fraction of sp³-hybridized carbons (Fsp3) is 0.375. The van der Waals surface area contributed by atoms with Gasteiger partial charge in [-0.15, -0.1) is 11.3 Å². The molecule has 2 heterocycles. The number of para-hydroxylation sites is 2. The van der Waals surface area contributed by atoms with Crippen LogP contribution in [0.1, 0.15) is 11.8 Å². The number of hydrogen-bond donors (Lipinski definition) is 1. The lowest BCUT2D eigenvalue weighted by atomic mass is 10.1. The number of nitrogens with one attached hydrogen (secondary N) is 1. The van der Waals surface area contributed by atoms with Crippen LogP contribution in [0.2, 0.25) is 0 Å². The average Bonchev–Trinajstić information content (AvgIpc) is 2.91. The van der Waals surface area contributed by atoms with E-state index in [-0.39, 0.29) is 12.1 Å². The summed E-state index contributed by atoms with van der Waals surface area (Å²) in [6, 6.07) is 12.4. The molecule has 0 fully saturated rings. The van der Waals surface area contributed by atoms with E-state index < -0.39 is 0 Å². The molecule has 3 rings (SSSR count). The summed E-state index contributed by atoms with van der Waals surface area (Å²) in [5, 5.41) is 3.53. The quantitative estimate of drug-likeness (QED) is 0.869. The van der Waals surface area contributed by atoms with E-state index in [9.17, 15) is 0 Å². The molecule has 0 saturated carbocycles. The molecular formula is C16H18BrNO2S. The minimum atomic E-state index is 0.0284. The zero-order valence-electron chi connectivity index (χ0n) is 11.8. The van der Waals surface area contributed by atoms with Crippen LogP contribution in [-0.4, -0.2) is 25.3 Å². The van der Waals surface area contributed by atoms with Gasteiger partial charge in [-0.2, -0.15) is 0 Å². The number of benzene rings is 1. The van der Waals surface area contributed by atoms with Crippen molar-refractivity contribution in [3.05, 3.63) is 45.1 Å². The smallest absolute Gasteiger partial charge is 0.161 e. The molecule has 1 aromatic heterocycles. The Labute approximate surface area is 137 Å². The van der Waals surface area contributed by atoms with Crippen molar-refractivity contribution in [2.45, 2.75) is 25.5 Å². The van der Waals surface area contributed by atoms with Crippen molar-refractivity contribution in [1.82, 2.24) is 5.32 Å². The van der Waals surface area contributed by atoms with Crippen LogP contribution in [0.25, 0.3) is 0 Å². The monoisotopic (exact) mass is 367 g/mol. The van der Waals surface area contributed by atoms with Gasteiger partial charge in [0.25, 0.3) is 0 Å². The predicted octanol–water partition coefficient (Wildman–Crippen LogP) is 3.87. The summed E-state index contributed by atoms with van der Waals surface area (Å²) in [7, 11) is 0. The number of ether oxygens (including phenoxy) is 2. The van der Waals surface area contributed by atoms with Gasteiger partial charge in [-0.1, -0.05) is 19.1 Å². The Kier molecular flexibility index (Phi) is 4.83. The minimum Gasteiger partial charge on any atom is -0.486 e. The van der Waals surface area contributed by atoms with Gasteiger partial charge in [-0.3, -0.25) is 0 Å². The zero-order valence-corrected chi connectivity index (χ0v) is 14.2. The van der Waals surface area contributed by atoms with Crippen molar-refractivity contribution in [3.63, 3.8) is 0 Å². The molecule has 1 aliphatic rings. The van der Waals surface area contributed by atoms with E-state index in [4.69, 9.17) is 9.47 Å². The lowest BCUT2D eigenvalue weighted by Gasteiger charge is -2.32. The average molecular weight is 368 g/mol. The van der Waals surface area contributed by atoms with E-state index >= 15 is 0 Å². The topological polar surface area (TPSA) is 30.5 Å². The summed E-state index contributed by atoms with van der Waals surface area (Å²) in [5.41, 5.74) is 0. The number of fused-ring (bicyclic) bond motifs is 1. The number of halogens is 1. The lowest BCUT2D eigenvalue weighted by molar-refractivity contribution is 0.0626. The molecule has 2 atom stereocenters. The van der Waals surface area contributed by atoms with E-state index in [1.165, 1.54) is 8.66 Å². The van der Waals surface area contributed by atoms with Gasteiger partial charge in [0.15, 0.2) is 11.5 Å². The normalized spacial score (nSPS) is 18.5. The molecule has 21 heavy (non-hydrogen) atoms. The van der Waals surface area contributed by atoms with Gasteiger partial charge in [0, 0.05) is 11.3 Å². The first kappa shape index (κ1) is 14.9. The third kappa shape index (κ3) is 3.59. The van der Waals surface area contributed by atoms with Crippen LogP contribution in [-0.2, 0) is 6.42 Å². The molecule has 0 amide bonds. The summed E-state index contributed by atoms with van der Waals surface area (Å²) in [6.45, 7) is 3.62. The third-order valence-corrected chi connectivity index (χ3v) is 5.14. The highest BCUT2D eigenvalue weighted by Gasteiger charge is 2.28. The van der Waals surface area contributed by atoms with Crippen molar-refractivity contribution in [3.8, 4) is 11.5 Å². The van der Waals surface area contributed by atoms with Crippen LogP contribution in [0.4, 0.5) is 0 Å². The van der Waals surface area contributed by atoms with Crippen LogP contribution < -0.4 is 14.8 Å². The Morgan fingerprint density at radius 2 is 2.10 bits per heavy atom. The molecule has 1 aliphatic heterocycles. The second-order valence-electron chi connectivity index (χ2n) is 4.99. The molecular weight excluding hydrogens is 350 g/mol. The fourth-order valence-corrected chi connectivity index (χ4v) is 4.05. The van der Waals surface area contributed by atoms with Gasteiger partial charge in [0.2, 0.25) is 0 Å². The number of thiophene rings is 1. The first-order chi connectivity index (χ1) is 10.3. The zero-order chi connectivity index (χ0) is 14.7.